The van der Waals surface area contributed by atoms with Crippen molar-refractivity contribution < 1.29 is 1.37 Å². The average Bonchev–Trinajstić information content (AvgIpc) is 2.46. The van der Waals surface area contributed by atoms with Gasteiger partial charge in [-0.25, -0.2) is 0 Å². The van der Waals surface area contributed by atoms with Crippen LogP contribution in [0.4, 0.5) is 0 Å². The summed E-state index contributed by atoms with van der Waals surface area (Å²) in [4.78, 5) is 2.15. The molecule has 2 aromatic carbocycles. The molecule has 0 spiro atoms. The predicted octanol–water partition coefficient (Wildman–Crippen LogP) is 4.88. The van der Waals surface area contributed by atoms with Gasteiger partial charge in [-0.1, -0.05) is 60.4 Å². The number of rotatable bonds is 4. The van der Waals surface area contributed by atoms with Gasteiger partial charge in [0.05, 0.1) is 1.37 Å². The minimum absolute atomic E-state index is 0.0222. The summed E-state index contributed by atoms with van der Waals surface area (Å²) in [7, 11) is 2.04. The zero-order chi connectivity index (χ0) is 16.9. The van der Waals surface area contributed by atoms with Crippen LogP contribution >= 0.6 is 0 Å². The molecule has 0 saturated heterocycles. The molecule has 114 valence electrons. The molecule has 1 nitrogen and oxygen atoms in total. The van der Waals surface area contributed by atoms with Crippen LogP contribution in [0.3, 0.4) is 0 Å². The van der Waals surface area contributed by atoms with Gasteiger partial charge in [0.15, 0.2) is 0 Å². The van der Waals surface area contributed by atoms with Crippen molar-refractivity contribution in [3.63, 3.8) is 0 Å². The lowest BCUT2D eigenvalue weighted by atomic mass is 9.98. The summed E-state index contributed by atoms with van der Waals surface area (Å²) in [5, 5.41) is 2.54. The number of allylic oxidation sites excluding steroid dienone is 1. The van der Waals surface area contributed by atoms with Gasteiger partial charge in [-0.15, -0.1) is 0 Å². The molecule has 2 aromatic rings. The molecule has 0 aliphatic carbocycles. The van der Waals surface area contributed by atoms with E-state index in [4.69, 9.17) is 1.37 Å². The lowest BCUT2D eigenvalue weighted by Gasteiger charge is -2.15. The van der Waals surface area contributed by atoms with Crippen LogP contribution in [-0.4, -0.2) is 18.5 Å². The Balaban J connectivity index is 2.05. The molecule has 0 N–H and O–H groups in total. The van der Waals surface area contributed by atoms with Crippen LogP contribution in [-0.2, 0) is 6.54 Å². The molecule has 0 unspecified atom stereocenters. The maximum Gasteiger partial charge on any atom is 0.0596 e. The summed E-state index contributed by atoms with van der Waals surface area (Å²) in [6.45, 7) is 7.64. The maximum atomic E-state index is 8.06. The largest absolute Gasteiger partial charge is 0.298 e. The van der Waals surface area contributed by atoms with Crippen LogP contribution in [0.15, 0.2) is 54.6 Å². The van der Waals surface area contributed by atoms with Gasteiger partial charge in [-0.2, -0.15) is 0 Å². The van der Waals surface area contributed by atoms with E-state index < -0.39 is 0 Å². The van der Waals surface area contributed by atoms with E-state index >= 15 is 0 Å². The van der Waals surface area contributed by atoms with E-state index in [0.717, 1.165) is 6.54 Å². The zero-order valence-electron chi connectivity index (χ0n) is 15.0. The molecule has 0 atom stereocenters. The summed E-state index contributed by atoms with van der Waals surface area (Å²) >= 11 is 0. The molecule has 0 aliphatic heterocycles. The summed E-state index contributed by atoms with van der Waals surface area (Å²) in [5.41, 5.74) is 1.27. The molecule has 0 radical (unpaired) electrons. The third-order valence-electron chi connectivity index (χ3n) is 3.30. The highest BCUT2D eigenvalue weighted by Gasteiger charge is 2.03. The first-order valence-electron chi connectivity index (χ1n) is 8.19. The normalized spacial score (nSPS) is 13.0. The van der Waals surface area contributed by atoms with E-state index in [2.05, 4.69) is 80.0 Å². The zero-order valence-corrected chi connectivity index (χ0v) is 14.0. The van der Waals surface area contributed by atoms with Gasteiger partial charge in [0, 0.05) is 18.5 Å². The Morgan fingerprint density at radius 1 is 1.14 bits per heavy atom. The quantitative estimate of drug-likeness (QED) is 0.726. The molecular formula is C21H25N. The van der Waals surface area contributed by atoms with Crippen molar-refractivity contribution in [2.24, 2.45) is 5.41 Å². The molecule has 0 bridgehead atoms. The highest BCUT2D eigenvalue weighted by molar-refractivity contribution is 5.85. The first-order valence-corrected chi connectivity index (χ1v) is 7.69. The minimum Gasteiger partial charge on any atom is -0.298 e. The summed E-state index contributed by atoms with van der Waals surface area (Å²) in [6.07, 6.45) is 1.71. The summed E-state index contributed by atoms with van der Waals surface area (Å²) in [5.74, 6) is 6.13. The molecule has 0 fully saturated rings. The minimum atomic E-state index is -0.0222. The topological polar surface area (TPSA) is 3.24 Å². The predicted molar refractivity (Wildman–Crippen MR) is 96.7 cm³/mol. The molecule has 0 aliphatic rings. The van der Waals surface area contributed by atoms with Gasteiger partial charge in [0.2, 0.25) is 0 Å². The smallest absolute Gasteiger partial charge is 0.0596 e. The number of nitrogens with zero attached hydrogens (tertiary/aromatic N) is 1. The van der Waals surface area contributed by atoms with Crippen LogP contribution in [0.1, 0.15) is 27.7 Å². The third-order valence-corrected chi connectivity index (χ3v) is 3.30. The first kappa shape index (κ1) is 14.9. The Morgan fingerprint density at radius 2 is 1.86 bits per heavy atom. The Labute approximate surface area is 136 Å². The van der Waals surface area contributed by atoms with E-state index in [1.54, 1.807) is 6.08 Å². The second-order valence-electron chi connectivity index (χ2n) is 6.68. The average molecular weight is 292 g/mol. The summed E-state index contributed by atoms with van der Waals surface area (Å²) < 4.78 is 8.06. The van der Waals surface area contributed by atoms with E-state index in [-0.39, 0.29) is 5.41 Å². The van der Waals surface area contributed by atoms with Crippen molar-refractivity contribution in [3.05, 3.63) is 60.2 Å². The van der Waals surface area contributed by atoms with E-state index in [0.29, 0.717) is 12.6 Å². The van der Waals surface area contributed by atoms with Crippen molar-refractivity contribution in [2.75, 3.05) is 13.6 Å². The number of hydrogen-bond donors (Lipinski definition) is 0. The highest BCUT2D eigenvalue weighted by atomic mass is 15.1. The SMILES string of the molecule is [2H]/C(=C\C#CC(C)(C)C)CN(C)Cc1cccc2ccccc12. The second kappa shape index (κ2) is 7.29. The van der Waals surface area contributed by atoms with Crippen LogP contribution < -0.4 is 0 Å². The first-order chi connectivity index (χ1) is 10.8. The number of likely N-dealkylation sites (N-methyl/N-ethyl adjacent to an activating group) is 1. The number of fused-ring (bicyclic) bond motifs is 1. The standard InChI is InChI=1S/C21H25N/c1-21(2,3)15-8-5-9-16-22(4)17-19-13-10-12-18-11-6-7-14-20(18)19/h5-7,9-14H,16-17H2,1-4H3/b9-5+/i9D. The van der Waals surface area contributed by atoms with Gasteiger partial charge in [0.1, 0.15) is 0 Å². The van der Waals surface area contributed by atoms with Crippen molar-refractivity contribution in [2.45, 2.75) is 27.3 Å². The summed E-state index contributed by atoms with van der Waals surface area (Å²) in [6, 6.07) is 15.4. The lowest BCUT2D eigenvalue weighted by molar-refractivity contribution is 0.365. The molecule has 0 amide bonds. The van der Waals surface area contributed by atoms with Gasteiger partial charge in [-0.3, -0.25) is 4.90 Å². The van der Waals surface area contributed by atoms with Crippen molar-refractivity contribution >= 4 is 10.8 Å². The fourth-order valence-electron chi connectivity index (χ4n) is 2.28. The van der Waals surface area contributed by atoms with Crippen LogP contribution in [0.25, 0.3) is 10.8 Å². The monoisotopic (exact) mass is 292 g/mol. The van der Waals surface area contributed by atoms with Crippen LogP contribution in [0.2, 0.25) is 0 Å². The van der Waals surface area contributed by atoms with Crippen molar-refractivity contribution in [1.29, 1.82) is 0 Å². The Hall–Kier alpha value is -2.04. The van der Waals surface area contributed by atoms with Crippen molar-refractivity contribution in [3.8, 4) is 11.8 Å². The molecule has 22 heavy (non-hydrogen) atoms. The molecule has 0 saturated carbocycles. The number of hydrogen-bond acceptors (Lipinski definition) is 1. The van der Waals surface area contributed by atoms with Gasteiger partial charge in [-0.05, 0) is 50.2 Å². The maximum absolute atomic E-state index is 8.06. The highest BCUT2D eigenvalue weighted by Crippen LogP contribution is 2.19. The Bertz CT molecular complexity index is 751. The Kier molecular flexibility index (Phi) is 4.93. The second-order valence-corrected chi connectivity index (χ2v) is 6.68. The van der Waals surface area contributed by atoms with Gasteiger partial charge in [0.25, 0.3) is 0 Å². The fraction of sp³-hybridized carbons (Fsp3) is 0.333. The van der Waals surface area contributed by atoms with Crippen LogP contribution in [0.5, 0.6) is 0 Å². The molecule has 2 rings (SSSR count). The third kappa shape index (κ3) is 5.06. The fourth-order valence-corrected chi connectivity index (χ4v) is 2.28. The van der Waals surface area contributed by atoms with Crippen molar-refractivity contribution in [1.82, 2.24) is 4.90 Å². The van der Waals surface area contributed by atoms with Gasteiger partial charge < -0.3 is 0 Å². The van der Waals surface area contributed by atoms with Gasteiger partial charge >= 0.3 is 0 Å². The Morgan fingerprint density at radius 3 is 2.64 bits per heavy atom. The molecule has 0 heterocycles. The lowest BCUT2D eigenvalue weighted by Crippen LogP contribution is -2.17. The van der Waals surface area contributed by atoms with E-state index in [1.807, 2.05) is 7.05 Å². The van der Waals surface area contributed by atoms with Crippen LogP contribution in [0, 0.1) is 17.3 Å². The number of benzene rings is 2. The van der Waals surface area contributed by atoms with E-state index in [9.17, 15) is 0 Å². The molecule has 1 heteroatoms. The molecule has 0 aromatic heterocycles. The van der Waals surface area contributed by atoms with E-state index in [1.165, 1.54) is 16.3 Å². The molecular weight excluding hydrogens is 266 g/mol.